The molecular formula is C19H19BrN2O. The molecule has 0 radical (unpaired) electrons. The molecule has 1 aromatic heterocycles. The zero-order chi connectivity index (χ0) is 16.4. The minimum absolute atomic E-state index is 0.0591. The van der Waals surface area contributed by atoms with Gasteiger partial charge in [0.05, 0.1) is 0 Å². The zero-order valence-corrected chi connectivity index (χ0v) is 14.8. The van der Waals surface area contributed by atoms with E-state index in [0.717, 1.165) is 16.4 Å². The summed E-state index contributed by atoms with van der Waals surface area (Å²) in [6.07, 6.45) is 2.79. The lowest BCUT2D eigenvalue weighted by atomic mass is 9.94. The topological polar surface area (TPSA) is 44.9 Å². The van der Waals surface area contributed by atoms with Gasteiger partial charge in [-0.3, -0.25) is 4.79 Å². The minimum atomic E-state index is -0.343. The van der Waals surface area contributed by atoms with E-state index < -0.39 is 0 Å². The van der Waals surface area contributed by atoms with Crippen LogP contribution < -0.4 is 5.32 Å². The first kappa shape index (κ1) is 15.8. The van der Waals surface area contributed by atoms with Crippen LogP contribution in [0, 0.1) is 0 Å². The average molecular weight is 371 g/mol. The number of carbonyl (C=O) groups is 1. The second-order valence-corrected chi connectivity index (χ2v) is 7.30. The highest BCUT2D eigenvalue weighted by Crippen LogP contribution is 2.22. The molecule has 0 aliphatic heterocycles. The van der Waals surface area contributed by atoms with Crippen LogP contribution in [0.3, 0.4) is 0 Å². The number of fused-ring (bicyclic) bond motifs is 1. The quantitative estimate of drug-likeness (QED) is 0.687. The molecule has 0 aliphatic rings. The maximum Gasteiger partial charge on any atom is 0.251 e. The van der Waals surface area contributed by atoms with Gasteiger partial charge in [0.2, 0.25) is 0 Å². The van der Waals surface area contributed by atoms with Crippen molar-refractivity contribution in [3.05, 3.63) is 70.3 Å². The van der Waals surface area contributed by atoms with Gasteiger partial charge >= 0.3 is 0 Å². The van der Waals surface area contributed by atoms with Gasteiger partial charge in [-0.15, -0.1) is 0 Å². The van der Waals surface area contributed by atoms with Crippen LogP contribution in [0.2, 0.25) is 0 Å². The highest BCUT2D eigenvalue weighted by Gasteiger charge is 2.23. The van der Waals surface area contributed by atoms with Gasteiger partial charge in [-0.2, -0.15) is 0 Å². The summed E-state index contributed by atoms with van der Waals surface area (Å²) in [5, 5.41) is 4.33. The fourth-order valence-corrected chi connectivity index (χ4v) is 3.21. The lowest BCUT2D eigenvalue weighted by molar-refractivity contribution is 0.0913. The lowest BCUT2D eigenvalue weighted by Gasteiger charge is -2.26. The number of para-hydroxylation sites is 1. The maximum absolute atomic E-state index is 12.5. The molecule has 3 aromatic rings. The number of halogens is 1. The molecular weight excluding hydrogens is 352 g/mol. The summed E-state index contributed by atoms with van der Waals surface area (Å²) in [4.78, 5) is 15.7. The smallest absolute Gasteiger partial charge is 0.251 e. The number of amides is 1. The molecule has 2 N–H and O–H groups in total. The van der Waals surface area contributed by atoms with Crippen molar-refractivity contribution in [1.29, 1.82) is 0 Å². The third kappa shape index (κ3) is 3.64. The molecule has 0 spiro atoms. The Hall–Kier alpha value is -2.07. The molecule has 4 heteroatoms. The van der Waals surface area contributed by atoms with Crippen molar-refractivity contribution in [3.8, 4) is 0 Å². The van der Waals surface area contributed by atoms with Crippen molar-refractivity contribution in [1.82, 2.24) is 10.3 Å². The predicted octanol–water partition coefficient (Wildman–Crippen LogP) is 4.68. The Morgan fingerprint density at radius 3 is 2.74 bits per heavy atom. The van der Waals surface area contributed by atoms with Crippen LogP contribution in [-0.2, 0) is 6.42 Å². The van der Waals surface area contributed by atoms with Crippen LogP contribution in [0.4, 0.5) is 0 Å². The number of hydrogen-bond acceptors (Lipinski definition) is 1. The molecule has 3 rings (SSSR count). The molecule has 1 heterocycles. The van der Waals surface area contributed by atoms with E-state index in [4.69, 9.17) is 0 Å². The van der Waals surface area contributed by atoms with E-state index in [1.807, 2.05) is 56.4 Å². The van der Waals surface area contributed by atoms with E-state index in [1.54, 1.807) is 0 Å². The molecule has 3 nitrogen and oxygen atoms in total. The van der Waals surface area contributed by atoms with Crippen LogP contribution in [0.15, 0.2) is 59.2 Å². The van der Waals surface area contributed by atoms with Gasteiger partial charge in [0.15, 0.2) is 0 Å². The standard InChI is InChI=1S/C19H19BrN2O/c1-19(2,22-18(23)13-6-5-7-15(20)10-13)11-14-12-21-17-9-4-3-8-16(14)17/h3-10,12,21H,11H2,1-2H3,(H,22,23). The van der Waals surface area contributed by atoms with Crippen LogP contribution in [-0.4, -0.2) is 16.4 Å². The first-order valence-corrected chi connectivity index (χ1v) is 8.37. The summed E-state index contributed by atoms with van der Waals surface area (Å²) in [5.74, 6) is -0.0591. The normalized spacial score (nSPS) is 11.6. The van der Waals surface area contributed by atoms with Gasteiger partial charge in [-0.05, 0) is 50.1 Å². The third-order valence-corrected chi connectivity index (χ3v) is 4.34. The molecule has 23 heavy (non-hydrogen) atoms. The second kappa shape index (κ2) is 6.20. The fraction of sp³-hybridized carbons (Fsp3) is 0.211. The number of rotatable bonds is 4. The Morgan fingerprint density at radius 2 is 1.96 bits per heavy atom. The summed E-state index contributed by atoms with van der Waals surface area (Å²) >= 11 is 3.40. The number of aromatic amines is 1. The van der Waals surface area contributed by atoms with Gasteiger partial charge in [0, 0.05) is 32.7 Å². The van der Waals surface area contributed by atoms with Crippen molar-refractivity contribution in [2.24, 2.45) is 0 Å². The van der Waals surface area contributed by atoms with Gasteiger partial charge in [-0.1, -0.05) is 40.2 Å². The molecule has 0 aliphatic carbocycles. The Labute approximate surface area is 144 Å². The van der Waals surface area contributed by atoms with Crippen molar-refractivity contribution in [3.63, 3.8) is 0 Å². The van der Waals surface area contributed by atoms with E-state index in [0.29, 0.717) is 5.56 Å². The van der Waals surface area contributed by atoms with E-state index in [9.17, 15) is 4.79 Å². The number of hydrogen-bond donors (Lipinski definition) is 2. The molecule has 1 amide bonds. The molecule has 0 saturated carbocycles. The molecule has 118 valence electrons. The highest BCUT2D eigenvalue weighted by atomic mass is 79.9. The molecule has 0 saturated heterocycles. The first-order chi connectivity index (χ1) is 10.9. The summed E-state index contributed by atoms with van der Waals surface area (Å²) in [7, 11) is 0. The van der Waals surface area contributed by atoms with Crippen LogP contribution >= 0.6 is 15.9 Å². The van der Waals surface area contributed by atoms with Crippen molar-refractivity contribution < 1.29 is 4.79 Å². The second-order valence-electron chi connectivity index (χ2n) is 6.38. The fourth-order valence-electron chi connectivity index (χ4n) is 2.81. The van der Waals surface area contributed by atoms with Crippen LogP contribution in [0.5, 0.6) is 0 Å². The Morgan fingerprint density at radius 1 is 1.17 bits per heavy atom. The van der Waals surface area contributed by atoms with Gasteiger partial charge in [0.1, 0.15) is 0 Å². The van der Waals surface area contributed by atoms with Gasteiger partial charge in [0.25, 0.3) is 5.91 Å². The summed E-state index contributed by atoms with van der Waals surface area (Å²) in [6.45, 7) is 4.09. The highest BCUT2D eigenvalue weighted by molar-refractivity contribution is 9.10. The number of aromatic nitrogens is 1. The zero-order valence-electron chi connectivity index (χ0n) is 13.2. The number of H-pyrrole nitrogens is 1. The Bertz CT molecular complexity index is 851. The number of benzene rings is 2. The monoisotopic (exact) mass is 370 g/mol. The molecule has 2 aromatic carbocycles. The predicted molar refractivity (Wildman–Crippen MR) is 97.7 cm³/mol. The molecule has 0 atom stereocenters. The van der Waals surface area contributed by atoms with Crippen molar-refractivity contribution in [2.75, 3.05) is 0 Å². The molecule has 0 unspecified atom stereocenters. The van der Waals surface area contributed by atoms with Crippen LogP contribution in [0.1, 0.15) is 29.8 Å². The van der Waals surface area contributed by atoms with E-state index in [2.05, 4.69) is 38.4 Å². The summed E-state index contributed by atoms with van der Waals surface area (Å²) < 4.78 is 0.902. The van der Waals surface area contributed by atoms with Crippen molar-refractivity contribution in [2.45, 2.75) is 25.8 Å². The van der Waals surface area contributed by atoms with Crippen LogP contribution in [0.25, 0.3) is 10.9 Å². The van der Waals surface area contributed by atoms with E-state index in [1.165, 1.54) is 10.9 Å². The first-order valence-electron chi connectivity index (χ1n) is 7.58. The number of carbonyl (C=O) groups excluding carboxylic acids is 1. The van der Waals surface area contributed by atoms with Gasteiger partial charge < -0.3 is 10.3 Å². The largest absolute Gasteiger partial charge is 0.361 e. The van der Waals surface area contributed by atoms with Gasteiger partial charge in [-0.25, -0.2) is 0 Å². The summed E-state index contributed by atoms with van der Waals surface area (Å²) in [6, 6.07) is 15.6. The Balaban J connectivity index is 1.77. The lowest BCUT2D eigenvalue weighted by Crippen LogP contribution is -2.45. The minimum Gasteiger partial charge on any atom is -0.361 e. The van der Waals surface area contributed by atoms with E-state index in [-0.39, 0.29) is 11.4 Å². The summed E-state index contributed by atoms with van der Waals surface area (Å²) in [5.41, 5.74) is 2.65. The van der Waals surface area contributed by atoms with Crippen molar-refractivity contribution >= 4 is 32.7 Å². The molecule has 0 fully saturated rings. The number of nitrogens with one attached hydrogen (secondary N) is 2. The SMILES string of the molecule is CC(C)(Cc1c[nH]c2ccccc12)NC(=O)c1cccc(Br)c1. The molecule has 0 bridgehead atoms. The average Bonchev–Trinajstić information content (AvgIpc) is 2.89. The maximum atomic E-state index is 12.5. The van der Waals surface area contributed by atoms with E-state index >= 15 is 0 Å². The third-order valence-electron chi connectivity index (χ3n) is 3.85. The Kier molecular flexibility index (Phi) is 4.26.